The van der Waals surface area contributed by atoms with Gasteiger partial charge in [0.15, 0.2) is 0 Å². The van der Waals surface area contributed by atoms with E-state index in [4.69, 9.17) is 16.1 Å². The van der Waals surface area contributed by atoms with Crippen molar-refractivity contribution >= 4 is 21.4 Å². The Kier molecular flexibility index (Phi) is 4.12. The van der Waals surface area contributed by atoms with Crippen LogP contribution >= 0.6 is 0 Å². The molecule has 0 radical (unpaired) electrons. The van der Waals surface area contributed by atoms with Gasteiger partial charge in [-0.25, -0.2) is 13.6 Å². The monoisotopic (exact) mass is 302 g/mol. The van der Waals surface area contributed by atoms with Crippen LogP contribution in [0.1, 0.15) is 11.1 Å². The number of nitrogens with two attached hydrogens (primary N) is 2. The molecule has 0 amide bonds. The zero-order valence-corrected chi connectivity index (χ0v) is 11.9. The average Bonchev–Trinajstić information content (AvgIpc) is 2.45. The Balaban J connectivity index is 2.23. The van der Waals surface area contributed by atoms with E-state index in [0.717, 1.165) is 5.56 Å². The van der Waals surface area contributed by atoms with E-state index in [0.29, 0.717) is 17.8 Å². The fourth-order valence-corrected chi connectivity index (χ4v) is 2.58. The summed E-state index contributed by atoms with van der Waals surface area (Å²) in [5.74, 6) is 0. The van der Waals surface area contributed by atoms with Crippen molar-refractivity contribution in [2.45, 2.75) is 11.4 Å². The van der Waals surface area contributed by atoms with Gasteiger partial charge < -0.3 is 11.1 Å². The van der Waals surface area contributed by atoms with E-state index in [9.17, 15) is 8.42 Å². The van der Waals surface area contributed by atoms with Crippen LogP contribution in [-0.2, 0) is 16.6 Å². The first-order valence-electron chi connectivity index (χ1n) is 6.06. The maximum atomic E-state index is 11.4. The Morgan fingerprint density at radius 2 is 1.90 bits per heavy atom. The molecule has 108 valence electrons. The number of nitrogens with one attached hydrogen (secondary N) is 1. The summed E-state index contributed by atoms with van der Waals surface area (Å²) in [5.41, 5.74) is 7.81. The van der Waals surface area contributed by atoms with Crippen LogP contribution in [0.15, 0.2) is 47.4 Å². The number of primary sulfonamides is 1. The summed E-state index contributed by atoms with van der Waals surface area (Å²) in [6.07, 6.45) is 0. The molecule has 0 saturated carbocycles. The first-order valence-corrected chi connectivity index (χ1v) is 7.60. The molecule has 0 heterocycles. The first kappa shape index (κ1) is 14.8. The van der Waals surface area contributed by atoms with Crippen molar-refractivity contribution in [1.82, 2.24) is 0 Å². The summed E-state index contributed by atoms with van der Waals surface area (Å²) in [6, 6.07) is 13.7. The molecule has 0 atom stereocenters. The van der Waals surface area contributed by atoms with Gasteiger partial charge in [0.05, 0.1) is 23.0 Å². The molecule has 0 spiro atoms. The normalized spacial score (nSPS) is 10.9. The summed E-state index contributed by atoms with van der Waals surface area (Å²) < 4.78 is 22.8. The second kappa shape index (κ2) is 5.83. The van der Waals surface area contributed by atoms with Gasteiger partial charge in [-0.2, -0.15) is 5.26 Å². The second-order valence-electron chi connectivity index (χ2n) is 4.43. The van der Waals surface area contributed by atoms with Crippen LogP contribution in [0.4, 0.5) is 11.4 Å². The summed E-state index contributed by atoms with van der Waals surface area (Å²) in [7, 11) is -3.86. The lowest BCUT2D eigenvalue weighted by Gasteiger charge is -2.12. The van der Waals surface area contributed by atoms with E-state index < -0.39 is 10.0 Å². The number of para-hydroxylation sites is 1. The molecule has 6 nitrogen and oxygen atoms in total. The molecule has 0 fully saturated rings. The Morgan fingerprint density at radius 3 is 2.57 bits per heavy atom. The smallest absolute Gasteiger partial charge is 0.240 e. The van der Waals surface area contributed by atoms with Crippen LogP contribution in [-0.4, -0.2) is 8.42 Å². The lowest BCUT2D eigenvalue weighted by Crippen LogP contribution is -2.15. The van der Waals surface area contributed by atoms with E-state index >= 15 is 0 Å². The largest absolute Gasteiger partial charge is 0.396 e. The number of hydrogen-bond donors (Lipinski definition) is 3. The van der Waals surface area contributed by atoms with Crippen molar-refractivity contribution in [2.75, 3.05) is 11.1 Å². The van der Waals surface area contributed by atoms with Crippen molar-refractivity contribution in [3.63, 3.8) is 0 Å². The molecule has 2 aromatic carbocycles. The molecular formula is C14H14N4O2S. The highest BCUT2D eigenvalue weighted by atomic mass is 32.2. The van der Waals surface area contributed by atoms with Gasteiger partial charge in [0.25, 0.3) is 0 Å². The second-order valence-corrected chi connectivity index (χ2v) is 5.96. The molecule has 0 saturated heterocycles. The Morgan fingerprint density at radius 1 is 1.19 bits per heavy atom. The third kappa shape index (κ3) is 3.51. The Hall–Kier alpha value is -2.56. The molecule has 0 aromatic heterocycles. The molecule has 2 aromatic rings. The van der Waals surface area contributed by atoms with Gasteiger partial charge in [-0.05, 0) is 29.8 Å². The summed E-state index contributed by atoms with van der Waals surface area (Å²) in [6.45, 7) is 0.411. The highest BCUT2D eigenvalue weighted by Gasteiger charge is 2.14. The average molecular weight is 302 g/mol. The molecular weight excluding hydrogens is 288 g/mol. The minimum atomic E-state index is -3.86. The molecule has 7 heteroatoms. The molecule has 0 aliphatic carbocycles. The maximum absolute atomic E-state index is 11.4. The standard InChI is InChI=1S/C14H14N4O2S/c15-8-10-3-1-4-11(7-10)9-18-12-5-2-6-13(14(12)16)21(17,19)20/h1-7,18H,9,16H2,(H2,17,19,20). The number of hydrogen-bond acceptors (Lipinski definition) is 5. The van der Waals surface area contributed by atoms with Crippen molar-refractivity contribution in [3.05, 3.63) is 53.6 Å². The number of nitriles is 1. The molecule has 21 heavy (non-hydrogen) atoms. The molecule has 2 rings (SSSR count). The highest BCUT2D eigenvalue weighted by Crippen LogP contribution is 2.26. The van der Waals surface area contributed by atoms with E-state index in [1.165, 1.54) is 6.07 Å². The van der Waals surface area contributed by atoms with Crippen molar-refractivity contribution < 1.29 is 8.42 Å². The summed E-state index contributed by atoms with van der Waals surface area (Å²) >= 11 is 0. The van der Waals surface area contributed by atoms with Gasteiger partial charge in [0, 0.05) is 6.54 Å². The zero-order valence-electron chi connectivity index (χ0n) is 11.1. The number of anilines is 2. The van der Waals surface area contributed by atoms with Gasteiger partial charge in [0.1, 0.15) is 4.90 Å². The van der Waals surface area contributed by atoms with Crippen LogP contribution < -0.4 is 16.2 Å². The van der Waals surface area contributed by atoms with Gasteiger partial charge in [-0.3, -0.25) is 0 Å². The maximum Gasteiger partial charge on any atom is 0.240 e. The van der Waals surface area contributed by atoms with Crippen LogP contribution in [0.25, 0.3) is 0 Å². The Labute approximate surface area is 123 Å². The molecule has 5 N–H and O–H groups in total. The number of rotatable bonds is 4. The van der Waals surface area contributed by atoms with Crippen LogP contribution in [0.5, 0.6) is 0 Å². The third-order valence-corrected chi connectivity index (χ3v) is 3.88. The minimum Gasteiger partial charge on any atom is -0.396 e. The lowest BCUT2D eigenvalue weighted by molar-refractivity contribution is 0.598. The number of nitrogen functional groups attached to an aromatic ring is 1. The van der Waals surface area contributed by atoms with Crippen LogP contribution in [0.2, 0.25) is 0 Å². The number of benzene rings is 2. The molecule has 0 unspecified atom stereocenters. The fraction of sp³-hybridized carbons (Fsp3) is 0.0714. The SMILES string of the molecule is N#Cc1cccc(CNc2cccc(S(N)(=O)=O)c2N)c1. The number of nitrogens with zero attached hydrogens (tertiary/aromatic N) is 1. The summed E-state index contributed by atoms with van der Waals surface area (Å²) in [4.78, 5) is -0.113. The predicted octanol–water partition coefficient (Wildman–Crippen LogP) is 1.40. The molecule has 0 aliphatic heterocycles. The minimum absolute atomic E-state index is 0.0800. The molecule has 0 aliphatic rings. The van der Waals surface area contributed by atoms with Gasteiger partial charge in [-0.1, -0.05) is 18.2 Å². The van der Waals surface area contributed by atoms with E-state index in [2.05, 4.69) is 11.4 Å². The fourth-order valence-electron chi connectivity index (χ4n) is 1.89. The predicted molar refractivity (Wildman–Crippen MR) is 80.7 cm³/mol. The van der Waals surface area contributed by atoms with Crippen molar-refractivity contribution in [3.8, 4) is 6.07 Å². The first-order chi connectivity index (χ1) is 9.91. The van der Waals surface area contributed by atoms with Gasteiger partial charge in [0.2, 0.25) is 10.0 Å². The van der Waals surface area contributed by atoms with E-state index in [1.807, 2.05) is 6.07 Å². The van der Waals surface area contributed by atoms with Crippen molar-refractivity contribution in [1.29, 1.82) is 5.26 Å². The van der Waals surface area contributed by atoms with Gasteiger partial charge in [-0.15, -0.1) is 0 Å². The third-order valence-electron chi connectivity index (χ3n) is 2.91. The number of sulfonamides is 1. The Bertz CT molecular complexity index is 810. The van der Waals surface area contributed by atoms with E-state index in [-0.39, 0.29) is 10.6 Å². The van der Waals surface area contributed by atoms with Gasteiger partial charge >= 0.3 is 0 Å². The van der Waals surface area contributed by atoms with E-state index in [1.54, 1.807) is 30.3 Å². The quantitative estimate of drug-likeness (QED) is 0.737. The van der Waals surface area contributed by atoms with Crippen molar-refractivity contribution in [2.24, 2.45) is 5.14 Å². The zero-order chi connectivity index (χ0) is 15.5. The summed E-state index contributed by atoms with van der Waals surface area (Å²) in [5, 5.41) is 17.0. The van der Waals surface area contributed by atoms with Crippen LogP contribution in [0, 0.1) is 11.3 Å². The lowest BCUT2D eigenvalue weighted by atomic mass is 10.1. The topological polar surface area (TPSA) is 122 Å². The van der Waals surface area contributed by atoms with Crippen LogP contribution in [0.3, 0.4) is 0 Å². The highest BCUT2D eigenvalue weighted by molar-refractivity contribution is 7.89. The molecule has 0 bridgehead atoms.